The summed E-state index contributed by atoms with van der Waals surface area (Å²) < 4.78 is 61.9. The summed E-state index contributed by atoms with van der Waals surface area (Å²) in [7, 11) is -4.07. The molecular weight excluding hydrogens is 372 g/mol. The van der Waals surface area contributed by atoms with Gasteiger partial charge in [-0.2, -0.15) is 13.2 Å². The summed E-state index contributed by atoms with van der Waals surface area (Å²) in [4.78, 5) is -0.311. The minimum absolute atomic E-state index is 0.0220. The van der Waals surface area contributed by atoms with E-state index in [1.165, 1.54) is 6.07 Å². The molecule has 3 N–H and O–H groups in total. The summed E-state index contributed by atoms with van der Waals surface area (Å²) in [5, 5.41) is 0.0164. The Morgan fingerprint density at radius 2 is 1.90 bits per heavy atom. The average Bonchev–Trinajstić information content (AvgIpc) is 2.36. The standard InChI is InChI=1S/C10H11Cl2F3N2O2S2/c11-7-3-6(5-16)9(12)8(4-7)21(18,19)17-1-2-20-10(13,14)15/h3-4,17H,1-2,5,16H2. The molecule has 0 aliphatic carbocycles. The SMILES string of the molecule is NCc1cc(Cl)cc(S(=O)(=O)NCCSC(F)(F)F)c1Cl. The van der Waals surface area contributed by atoms with E-state index in [0.29, 0.717) is 5.56 Å². The molecule has 1 rings (SSSR count). The van der Waals surface area contributed by atoms with Crippen molar-refractivity contribution < 1.29 is 21.6 Å². The molecule has 0 heterocycles. The van der Waals surface area contributed by atoms with Crippen LogP contribution in [0.4, 0.5) is 13.2 Å². The molecule has 0 amide bonds. The third-order valence-electron chi connectivity index (χ3n) is 2.25. The molecule has 0 aromatic heterocycles. The van der Waals surface area contributed by atoms with Crippen molar-refractivity contribution in [3.63, 3.8) is 0 Å². The Labute approximate surface area is 134 Å². The number of thioether (sulfide) groups is 1. The number of nitrogens with two attached hydrogens (primary N) is 1. The molecule has 0 saturated carbocycles. The zero-order valence-electron chi connectivity index (χ0n) is 10.4. The van der Waals surface area contributed by atoms with Gasteiger partial charge in [-0.05, 0) is 29.5 Å². The van der Waals surface area contributed by atoms with Gasteiger partial charge in [-0.3, -0.25) is 0 Å². The molecule has 0 unspecified atom stereocenters. The van der Waals surface area contributed by atoms with Gasteiger partial charge in [-0.15, -0.1) is 0 Å². The molecule has 120 valence electrons. The number of nitrogens with one attached hydrogen (secondary N) is 1. The Hall–Kier alpha value is -0.190. The zero-order valence-corrected chi connectivity index (χ0v) is 13.5. The molecule has 11 heteroatoms. The van der Waals surface area contributed by atoms with E-state index in [-0.39, 0.29) is 33.2 Å². The van der Waals surface area contributed by atoms with Crippen LogP contribution in [0.2, 0.25) is 10.0 Å². The molecule has 4 nitrogen and oxygen atoms in total. The van der Waals surface area contributed by atoms with Gasteiger partial charge in [0, 0.05) is 23.9 Å². The van der Waals surface area contributed by atoms with Crippen molar-refractivity contribution in [2.24, 2.45) is 5.73 Å². The third kappa shape index (κ3) is 5.84. The highest BCUT2D eigenvalue weighted by atomic mass is 35.5. The van der Waals surface area contributed by atoms with Crippen LogP contribution < -0.4 is 10.5 Å². The molecule has 0 spiro atoms. The zero-order chi connectivity index (χ0) is 16.3. The fraction of sp³-hybridized carbons (Fsp3) is 0.400. The monoisotopic (exact) mass is 382 g/mol. The van der Waals surface area contributed by atoms with Gasteiger partial charge in [0.25, 0.3) is 0 Å². The molecule has 0 bridgehead atoms. The summed E-state index contributed by atoms with van der Waals surface area (Å²) in [5.74, 6) is -0.454. The Morgan fingerprint density at radius 1 is 1.29 bits per heavy atom. The van der Waals surface area contributed by atoms with E-state index < -0.39 is 27.8 Å². The van der Waals surface area contributed by atoms with Crippen molar-refractivity contribution in [3.8, 4) is 0 Å². The van der Waals surface area contributed by atoms with Gasteiger partial charge in [-0.25, -0.2) is 13.1 Å². The summed E-state index contributed by atoms with van der Waals surface area (Å²) in [6, 6.07) is 2.53. The van der Waals surface area contributed by atoms with E-state index in [4.69, 9.17) is 28.9 Å². The smallest absolute Gasteiger partial charge is 0.326 e. The average molecular weight is 383 g/mol. The number of benzene rings is 1. The minimum atomic E-state index is -4.41. The van der Waals surface area contributed by atoms with E-state index in [0.717, 1.165) is 6.07 Å². The Morgan fingerprint density at radius 3 is 2.43 bits per heavy atom. The van der Waals surface area contributed by atoms with Crippen molar-refractivity contribution in [1.29, 1.82) is 0 Å². The lowest BCUT2D eigenvalue weighted by Gasteiger charge is -2.12. The lowest BCUT2D eigenvalue weighted by Crippen LogP contribution is -2.27. The summed E-state index contributed by atoms with van der Waals surface area (Å²) in [5.41, 5.74) is 1.33. The molecule has 0 radical (unpaired) electrons. The summed E-state index contributed by atoms with van der Waals surface area (Å²) in [6.45, 7) is -0.418. The summed E-state index contributed by atoms with van der Waals surface area (Å²) in [6.07, 6.45) is 0. The van der Waals surface area contributed by atoms with Crippen molar-refractivity contribution in [1.82, 2.24) is 4.72 Å². The number of sulfonamides is 1. The maximum atomic E-state index is 12.0. The van der Waals surface area contributed by atoms with Crippen LogP contribution >= 0.6 is 35.0 Å². The van der Waals surface area contributed by atoms with E-state index >= 15 is 0 Å². The molecule has 1 aromatic rings. The van der Waals surface area contributed by atoms with E-state index in [2.05, 4.69) is 0 Å². The first-order chi connectivity index (χ1) is 9.57. The van der Waals surface area contributed by atoms with Crippen molar-refractivity contribution in [2.45, 2.75) is 16.9 Å². The lowest BCUT2D eigenvalue weighted by atomic mass is 10.2. The Bertz CT molecular complexity index is 609. The van der Waals surface area contributed by atoms with Crippen LogP contribution in [0.3, 0.4) is 0 Å². The number of hydrogen-bond donors (Lipinski definition) is 2. The number of halogens is 5. The molecule has 0 aliphatic heterocycles. The Kier molecular flexibility index (Phi) is 6.63. The quantitative estimate of drug-likeness (QED) is 0.741. The predicted octanol–water partition coefficient (Wildman–Crippen LogP) is 2.98. The van der Waals surface area contributed by atoms with Gasteiger partial charge in [0.15, 0.2) is 0 Å². The van der Waals surface area contributed by atoms with Crippen molar-refractivity contribution in [2.75, 3.05) is 12.3 Å². The van der Waals surface area contributed by atoms with Crippen LogP contribution in [0.15, 0.2) is 17.0 Å². The molecule has 1 aromatic carbocycles. The van der Waals surface area contributed by atoms with Crippen LogP contribution in [0.5, 0.6) is 0 Å². The van der Waals surface area contributed by atoms with Gasteiger partial charge in [-0.1, -0.05) is 23.2 Å². The Balaban J connectivity index is 2.86. The third-order valence-corrected chi connectivity index (χ3v) is 5.25. The molecule has 0 fully saturated rings. The fourth-order valence-corrected chi connectivity index (χ4v) is 3.92. The first kappa shape index (κ1) is 18.9. The van der Waals surface area contributed by atoms with Crippen LogP contribution in [-0.2, 0) is 16.6 Å². The molecule has 0 atom stereocenters. The van der Waals surface area contributed by atoms with Crippen molar-refractivity contribution in [3.05, 3.63) is 27.7 Å². The van der Waals surface area contributed by atoms with Crippen LogP contribution in [-0.4, -0.2) is 26.2 Å². The van der Waals surface area contributed by atoms with E-state index in [1.807, 2.05) is 4.72 Å². The first-order valence-electron chi connectivity index (χ1n) is 5.45. The highest BCUT2D eigenvalue weighted by Gasteiger charge is 2.28. The number of hydrogen-bond acceptors (Lipinski definition) is 4. The van der Waals surface area contributed by atoms with Crippen LogP contribution in [0, 0.1) is 0 Å². The second kappa shape index (κ2) is 7.38. The molecule has 21 heavy (non-hydrogen) atoms. The second-order valence-electron chi connectivity index (χ2n) is 3.77. The number of rotatable bonds is 6. The minimum Gasteiger partial charge on any atom is -0.326 e. The van der Waals surface area contributed by atoms with Gasteiger partial charge in [0.1, 0.15) is 4.90 Å². The highest BCUT2D eigenvalue weighted by molar-refractivity contribution is 8.00. The van der Waals surface area contributed by atoms with E-state index in [1.54, 1.807) is 0 Å². The van der Waals surface area contributed by atoms with Crippen molar-refractivity contribution >= 4 is 45.0 Å². The highest BCUT2D eigenvalue weighted by Crippen LogP contribution is 2.31. The maximum Gasteiger partial charge on any atom is 0.441 e. The predicted molar refractivity (Wildman–Crippen MR) is 78.1 cm³/mol. The number of alkyl halides is 3. The topological polar surface area (TPSA) is 72.2 Å². The summed E-state index contributed by atoms with van der Waals surface area (Å²) >= 11 is 11.4. The van der Waals surface area contributed by atoms with Crippen LogP contribution in [0.25, 0.3) is 0 Å². The molecule has 0 saturated heterocycles. The molecule has 0 aliphatic rings. The largest absolute Gasteiger partial charge is 0.441 e. The lowest BCUT2D eigenvalue weighted by molar-refractivity contribution is -0.0327. The second-order valence-corrected chi connectivity index (χ2v) is 7.48. The van der Waals surface area contributed by atoms with Gasteiger partial charge in [0.2, 0.25) is 10.0 Å². The first-order valence-corrected chi connectivity index (χ1v) is 8.67. The normalized spacial score (nSPS) is 12.7. The fourth-order valence-electron chi connectivity index (χ4n) is 1.38. The van der Waals surface area contributed by atoms with Gasteiger partial charge in [0.05, 0.1) is 5.02 Å². The van der Waals surface area contributed by atoms with Crippen LogP contribution in [0.1, 0.15) is 5.56 Å². The maximum absolute atomic E-state index is 12.0. The van der Waals surface area contributed by atoms with Gasteiger partial charge >= 0.3 is 5.51 Å². The molecular formula is C10H11Cl2F3N2O2S2. The van der Waals surface area contributed by atoms with E-state index in [9.17, 15) is 21.6 Å². The van der Waals surface area contributed by atoms with Gasteiger partial charge < -0.3 is 5.73 Å².